The van der Waals surface area contributed by atoms with E-state index in [4.69, 9.17) is 15.2 Å². The van der Waals surface area contributed by atoms with Crippen LogP contribution in [0.1, 0.15) is 55.9 Å². The third-order valence-corrected chi connectivity index (χ3v) is 4.49. The minimum absolute atomic E-state index is 0.0275. The van der Waals surface area contributed by atoms with Crippen LogP contribution in [0, 0.1) is 0 Å². The SMILES string of the molecule is CC(C)c1cccc(OCc2nnc([C@@H]3CC[C@@H](N)CO3)n2C)c1. The number of nitrogens with zero attached hydrogens (tertiary/aromatic N) is 3. The molecule has 0 spiro atoms. The Morgan fingerprint density at radius 3 is 2.88 bits per heavy atom. The second-order valence-electron chi connectivity index (χ2n) is 6.71. The van der Waals surface area contributed by atoms with Crippen LogP contribution in [0.2, 0.25) is 0 Å². The van der Waals surface area contributed by atoms with Gasteiger partial charge in [0.1, 0.15) is 18.5 Å². The van der Waals surface area contributed by atoms with E-state index in [1.165, 1.54) is 5.56 Å². The van der Waals surface area contributed by atoms with Crippen molar-refractivity contribution in [2.45, 2.75) is 51.4 Å². The number of aromatic nitrogens is 3. The summed E-state index contributed by atoms with van der Waals surface area (Å²) in [5.74, 6) is 2.96. The quantitative estimate of drug-likeness (QED) is 0.912. The maximum Gasteiger partial charge on any atom is 0.170 e. The van der Waals surface area contributed by atoms with Crippen molar-refractivity contribution in [3.63, 3.8) is 0 Å². The largest absolute Gasteiger partial charge is 0.486 e. The first-order valence-electron chi connectivity index (χ1n) is 8.52. The van der Waals surface area contributed by atoms with Gasteiger partial charge in [0, 0.05) is 13.1 Å². The lowest BCUT2D eigenvalue weighted by Gasteiger charge is -2.25. The third kappa shape index (κ3) is 3.76. The Morgan fingerprint density at radius 2 is 2.17 bits per heavy atom. The van der Waals surface area contributed by atoms with E-state index in [1.54, 1.807) is 0 Å². The first-order chi connectivity index (χ1) is 11.5. The van der Waals surface area contributed by atoms with Gasteiger partial charge in [-0.25, -0.2) is 0 Å². The fourth-order valence-corrected chi connectivity index (χ4v) is 2.87. The van der Waals surface area contributed by atoms with Crippen molar-refractivity contribution in [1.82, 2.24) is 14.8 Å². The third-order valence-electron chi connectivity index (χ3n) is 4.49. The Kier molecular flexibility index (Phi) is 5.16. The van der Waals surface area contributed by atoms with Gasteiger partial charge in [0.15, 0.2) is 11.6 Å². The zero-order valence-electron chi connectivity index (χ0n) is 14.6. The average Bonchev–Trinajstić information content (AvgIpc) is 2.95. The van der Waals surface area contributed by atoms with Gasteiger partial charge in [0.2, 0.25) is 0 Å². The van der Waals surface area contributed by atoms with E-state index in [1.807, 2.05) is 23.7 Å². The van der Waals surface area contributed by atoms with Gasteiger partial charge in [0.25, 0.3) is 0 Å². The summed E-state index contributed by atoms with van der Waals surface area (Å²) in [6, 6.07) is 8.31. The maximum atomic E-state index is 5.90. The van der Waals surface area contributed by atoms with Crippen LogP contribution in [0.15, 0.2) is 24.3 Å². The molecule has 1 saturated heterocycles. The maximum absolute atomic E-state index is 5.90. The summed E-state index contributed by atoms with van der Waals surface area (Å²) in [4.78, 5) is 0. The van der Waals surface area contributed by atoms with Gasteiger partial charge in [-0.05, 0) is 36.5 Å². The Morgan fingerprint density at radius 1 is 1.33 bits per heavy atom. The second-order valence-corrected chi connectivity index (χ2v) is 6.71. The van der Waals surface area contributed by atoms with Crippen molar-refractivity contribution in [3.8, 4) is 5.75 Å². The standard InChI is InChI=1S/C18H26N4O2/c1-12(2)13-5-4-6-15(9-13)23-11-17-20-21-18(22(17)3)16-8-7-14(19)10-24-16/h4-6,9,12,14,16H,7-8,10-11,19H2,1-3H3/t14-,16+/m1/s1. The molecule has 130 valence electrons. The van der Waals surface area contributed by atoms with Crippen LogP contribution in [0.4, 0.5) is 0 Å². The highest BCUT2D eigenvalue weighted by Crippen LogP contribution is 2.26. The van der Waals surface area contributed by atoms with Crippen LogP contribution >= 0.6 is 0 Å². The Balaban J connectivity index is 1.65. The van der Waals surface area contributed by atoms with Crippen molar-refractivity contribution in [1.29, 1.82) is 0 Å². The van der Waals surface area contributed by atoms with Gasteiger partial charge in [-0.1, -0.05) is 26.0 Å². The van der Waals surface area contributed by atoms with Crippen molar-refractivity contribution >= 4 is 0 Å². The molecule has 1 aromatic carbocycles. The van der Waals surface area contributed by atoms with Crippen LogP contribution in [0.3, 0.4) is 0 Å². The number of rotatable bonds is 5. The first kappa shape index (κ1) is 16.9. The van der Waals surface area contributed by atoms with E-state index in [-0.39, 0.29) is 12.1 Å². The predicted octanol–water partition coefficient (Wildman–Crippen LogP) is 2.70. The van der Waals surface area contributed by atoms with Gasteiger partial charge in [0.05, 0.1) is 6.61 Å². The molecule has 6 nitrogen and oxygen atoms in total. The summed E-state index contributed by atoms with van der Waals surface area (Å²) in [6.45, 7) is 5.30. The lowest BCUT2D eigenvalue weighted by Crippen LogP contribution is -2.33. The molecule has 6 heteroatoms. The highest BCUT2D eigenvalue weighted by atomic mass is 16.5. The summed E-state index contributed by atoms with van der Waals surface area (Å²) in [5, 5.41) is 8.55. The molecule has 2 atom stereocenters. The Bertz CT molecular complexity index is 675. The molecule has 2 aromatic rings. The summed E-state index contributed by atoms with van der Waals surface area (Å²) in [6.07, 6.45) is 1.80. The predicted molar refractivity (Wildman–Crippen MR) is 91.8 cm³/mol. The van der Waals surface area contributed by atoms with E-state index in [0.29, 0.717) is 19.1 Å². The smallest absolute Gasteiger partial charge is 0.170 e. The number of hydrogen-bond donors (Lipinski definition) is 1. The molecule has 1 aliphatic heterocycles. The van der Waals surface area contributed by atoms with Crippen LogP contribution in [-0.4, -0.2) is 27.4 Å². The van der Waals surface area contributed by atoms with Gasteiger partial charge < -0.3 is 19.8 Å². The molecule has 1 aromatic heterocycles. The Labute approximate surface area is 143 Å². The summed E-state index contributed by atoms with van der Waals surface area (Å²) >= 11 is 0. The molecule has 0 saturated carbocycles. The molecule has 0 radical (unpaired) electrons. The van der Waals surface area contributed by atoms with Crippen molar-refractivity contribution in [2.75, 3.05) is 6.61 Å². The second kappa shape index (κ2) is 7.32. The normalized spacial score (nSPS) is 21.2. The molecule has 2 N–H and O–H groups in total. The molecule has 1 fully saturated rings. The van der Waals surface area contributed by atoms with Crippen molar-refractivity contribution in [2.24, 2.45) is 12.8 Å². The number of benzene rings is 1. The highest BCUT2D eigenvalue weighted by Gasteiger charge is 2.25. The van der Waals surface area contributed by atoms with Crippen LogP contribution in [-0.2, 0) is 18.4 Å². The number of ether oxygens (including phenoxy) is 2. The summed E-state index contributed by atoms with van der Waals surface area (Å²) in [7, 11) is 1.95. The molecular weight excluding hydrogens is 304 g/mol. The summed E-state index contributed by atoms with van der Waals surface area (Å²) in [5.41, 5.74) is 7.14. The molecule has 24 heavy (non-hydrogen) atoms. The highest BCUT2D eigenvalue weighted by molar-refractivity contribution is 5.30. The van der Waals surface area contributed by atoms with E-state index >= 15 is 0 Å². The van der Waals surface area contributed by atoms with E-state index < -0.39 is 0 Å². The van der Waals surface area contributed by atoms with E-state index in [2.05, 4.69) is 36.2 Å². The van der Waals surface area contributed by atoms with E-state index in [9.17, 15) is 0 Å². The zero-order valence-corrected chi connectivity index (χ0v) is 14.6. The van der Waals surface area contributed by atoms with Crippen molar-refractivity contribution in [3.05, 3.63) is 41.5 Å². The van der Waals surface area contributed by atoms with Gasteiger partial charge in [-0.2, -0.15) is 0 Å². The van der Waals surface area contributed by atoms with Crippen LogP contribution in [0.5, 0.6) is 5.75 Å². The van der Waals surface area contributed by atoms with Crippen LogP contribution in [0.25, 0.3) is 0 Å². The number of hydrogen-bond acceptors (Lipinski definition) is 5. The van der Waals surface area contributed by atoms with Crippen LogP contribution < -0.4 is 10.5 Å². The molecule has 0 amide bonds. The molecular formula is C18H26N4O2. The topological polar surface area (TPSA) is 75.2 Å². The molecule has 1 aliphatic rings. The summed E-state index contributed by atoms with van der Waals surface area (Å²) < 4.78 is 13.6. The number of nitrogens with two attached hydrogens (primary N) is 1. The fourth-order valence-electron chi connectivity index (χ4n) is 2.87. The van der Waals surface area contributed by atoms with Crippen molar-refractivity contribution < 1.29 is 9.47 Å². The minimum atomic E-state index is -0.0275. The monoisotopic (exact) mass is 330 g/mol. The first-order valence-corrected chi connectivity index (χ1v) is 8.52. The van der Waals surface area contributed by atoms with E-state index in [0.717, 1.165) is 30.2 Å². The van der Waals surface area contributed by atoms with Gasteiger partial charge in [-0.3, -0.25) is 0 Å². The molecule has 3 rings (SSSR count). The zero-order chi connectivity index (χ0) is 17.1. The molecule has 0 unspecified atom stereocenters. The lowest BCUT2D eigenvalue weighted by atomic mass is 10.0. The lowest BCUT2D eigenvalue weighted by molar-refractivity contribution is -0.00290. The minimum Gasteiger partial charge on any atom is -0.486 e. The average molecular weight is 330 g/mol. The molecule has 2 heterocycles. The van der Waals surface area contributed by atoms with Gasteiger partial charge >= 0.3 is 0 Å². The fraction of sp³-hybridized carbons (Fsp3) is 0.556. The van der Waals surface area contributed by atoms with Gasteiger partial charge in [-0.15, -0.1) is 10.2 Å². The Hall–Kier alpha value is -1.92. The molecule has 0 bridgehead atoms. The molecule has 0 aliphatic carbocycles.